The summed E-state index contributed by atoms with van der Waals surface area (Å²) < 4.78 is 9.80. The molecule has 6 heteroatoms. The van der Waals surface area contributed by atoms with Crippen LogP contribution in [0.3, 0.4) is 0 Å². The van der Waals surface area contributed by atoms with E-state index in [1.807, 2.05) is 6.92 Å². The van der Waals surface area contributed by atoms with E-state index in [0.717, 1.165) is 0 Å². The molecule has 0 amide bonds. The third-order valence-corrected chi connectivity index (χ3v) is 2.31. The van der Waals surface area contributed by atoms with Crippen molar-refractivity contribution in [1.29, 1.82) is 0 Å². The normalized spacial score (nSPS) is 14.4. The minimum Gasteiger partial charge on any atom is -0.463 e. The smallest absolute Gasteiger partial charge is 0.373 e. The highest BCUT2D eigenvalue weighted by atomic mass is 16.5. The molecule has 3 N–H and O–H groups in total. The van der Waals surface area contributed by atoms with Gasteiger partial charge in [0.1, 0.15) is 5.76 Å². The topological polar surface area (TPSA) is 91.9 Å². The number of hydrogen-bond acceptors (Lipinski definition) is 6. The lowest BCUT2D eigenvalue weighted by molar-refractivity contribution is 0.0561. The van der Waals surface area contributed by atoms with Gasteiger partial charge in [0, 0.05) is 6.54 Å². The van der Waals surface area contributed by atoms with Crippen molar-refractivity contribution >= 4 is 5.97 Å². The van der Waals surface area contributed by atoms with Crippen molar-refractivity contribution in [3.8, 4) is 0 Å². The summed E-state index contributed by atoms with van der Waals surface area (Å²) >= 11 is 0. The van der Waals surface area contributed by atoms with E-state index in [2.05, 4.69) is 10.1 Å². The van der Waals surface area contributed by atoms with Crippen molar-refractivity contribution in [2.45, 2.75) is 19.1 Å². The Bertz CT molecular complexity index is 362. The van der Waals surface area contributed by atoms with Crippen molar-refractivity contribution in [3.63, 3.8) is 0 Å². The highest BCUT2D eigenvalue weighted by molar-refractivity contribution is 5.86. The van der Waals surface area contributed by atoms with Gasteiger partial charge >= 0.3 is 5.97 Å². The molecular weight excluding hydrogens is 226 g/mol. The molecule has 0 saturated carbocycles. The number of esters is 1. The predicted octanol–water partition coefficient (Wildman–Crippen LogP) is 0.0700. The Morgan fingerprint density at radius 2 is 2.29 bits per heavy atom. The van der Waals surface area contributed by atoms with Crippen molar-refractivity contribution in [1.82, 2.24) is 5.32 Å². The van der Waals surface area contributed by atoms with E-state index in [1.165, 1.54) is 13.2 Å². The number of hydrogen-bond donors (Lipinski definition) is 3. The van der Waals surface area contributed by atoms with Gasteiger partial charge in [0.15, 0.2) is 0 Å². The molecule has 1 aromatic rings. The zero-order valence-electron chi connectivity index (χ0n) is 9.84. The molecule has 0 aliphatic rings. The van der Waals surface area contributed by atoms with Crippen LogP contribution in [0, 0.1) is 0 Å². The van der Waals surface area contributed by atoms with Gasteiger partial charge in [-0.15, -0.1) is 0 Å². The maximum absolute atomic E-state index is 11.2. The molecule has 1 heterocycles. The van der Waals surface area contributed by atoms with Crippen LogP contribution in [0.15, 0.2) is 16.5 Å². The molecule has 0 aromatic carbocycles. The first kappa shape index (κ1) is 13.7. The quantitative estimate of drug-likeness (QED) is 0.612. The second-order valence-corrected chi connectivity index (χ2v) is 3.66. The molecule has 1 aromatic heterocycles. The SMILES string of the molecule is COC(=O)c1ccc(C(C)NCC(O)CO)o1. The van der Waals surface area contributed by atoms with Crippen LogP contribution >= 0.6 is 0 Å². The van der Waals surface area contributed by atoms with Crippen LogP contribution < -0.4 is 5.32 Å². The monoisotopic (exact) mass is 243 g/mol. The molecule has 0 saturated heterocycles. The Balaban J connectivity index is 2.54. The molecule has 0 bridgehead atoms. The van der Waals surface area contributed by atoms with Gasteiger partial charge in [0.25, 0.3) is 0 Å². The standard InChI is InChI=1S/C11H17NO5/c1-7(12-5-8(14)6-13)9-3-4-10(17-9)11(15)16-2/h3-4,7-8,12-14H,5-6H2,1-2H3. The minimum atomic E-state index is -0.813. The number of nitrogens with one attached hydrogen (secondary N) is 1. The summed E-state index contributed by atoms with van der Waals surface area (Å²) in [7, 11) is 1.28. The van der Waals surface area contributed by atoms with E-state index in [9.17, 15) is 4.79 Å². The van der Waals surface area contributed by atoms with Gasteiger partial charge in [-0.05, 0) is 19.1 Å². The largest absolute Gasteiger partial charge is 0.463 e. The van der Waals surface area contributed by atoms with Crippen LogP contribution in [-0.2, 0) is 4.74 Å². The summed E-state index contributed by atoms with van der Waals surface area (Å²) in [5, 5.41) is 20.8. The minimum absolute atomic E-state index is 0.138. The average Bonchev–Trinajstić information content (AvgIpc) is 2.83. The fourth-order valence-corrected chi connectivity index (χ4v) is 1.27. The maximum Gasteiger partial charge on any atom is 0.373 e. The molecule has 2 atom stereocenters. The Hall–Kier alpha value is -1.37. The van der Waals surface area contributed by atoms with E-state index < -0.39 is 12.1 Å². The Morgan fingerprint density at radius 3 is 2.88 bits per heavy atom. The molecule has 0 aliphatic heterocycles. The number of aliphatic hydroxyl groups is 2. The number of aliphatic hydroxyl groups excluding tert-OH is 2. The highest BCUT2D eigenvalue weighted by Gasteiger charge is 2.15. The van der Waals surface area contributed by atoms with Gasteiger partial charge in [0.2, 0.25) is 5.76 Å². The Morgan fingerprint density at radius 1 is 1.59 bits per heavy atom. The fraction of sp³-hybridized carbons (Fsp3) is 0.545. The zero-order chi connectivity index (χ0) is 12.8. The van der Waals surface area contributed by atoms with Crippen LogP contribution in [-0.4, -0.2) is 42.5 Å². The summed E-state index contributed by atoms with van der Waals surface area (Å²) in [4.78, 5) is 11.2. The maximum atomic E-state index is 11.2. The van der Waals surface area contributed by atoms with Crippen LogP contribution in [0.2, 0.25) is 0 Å². The molecule has 17 heavy (non-hydrogen) atoms. The number of carbonyl (C=O) groups is 1. The lowest BCUT2D eigenvalue weighted by Crippen LogP contribution is -2.31. The molecule has 6 nitrogen and oxygen atoms in total. The van der Waals surface area contributed by atoms with Gasteiger partial charge < -0.3 is 24.7 Å². The molecule has 0 aliphatic carbocycles. The lowest BCUT2D eigenvalue weighted by Gasteiger charge is -2.13. The first-order valence-corrected chi connectivity index (χ1v) is 5.28. The summed E-state index contributed by atoms with van der Waals surface area (Å²) in [6.45, 7) is 1.77. The summed E-state index contributed by atoms with van der Waals surface area (Å²) in [6.07, 6.45) is -0.813. The van der Waals surface area contributed by atoms with Crippen LogP contribution in [0.4, 0.5) is 0 Å². The zero-order valence-corrected chi connectivity index (χ0v) is 9.84. The van der Waals surface area contributed by atoms with Crippen molar-refractivity contribution < 1.29 is 24.2 Å². The van der Waals surface area contributed by atoms with Gasteiger partial charge in [-0.1, -0.05) is 0 Å². The van der Waals surface area contributed by atoms with E-state index in [1.54, 1.807) is 6.07 Å². The predicted molar refractivity (Wildman–Crippen MR) is 59.6 cm³/mol. The lowest BCUT2D eigenvalue weighted by atomic mass is 10.2. The van der Waals surface area contributed by atoms with E-state index in [0.29, 0.717) is 5.76 Å². The van der Waals surface area contributed by atoms with Crippen LogP contribution in [0.25, 0.3) is 0 Å². The van der Waals surface area contributed by atoms with Crippen molar-refractivity contribution in [3.05, 3.63) is 23.7 Å². The number of rotatable bonds is 6. The molecule has 96 valence electrons. The van der Waals surface area contributed by atoms with E-state index in [-0.39, 0.29) is 25.0 Å². The highest BCUT2D eigenvalue weighted by Crippen LogP contribution is 2.16. The Kier molecular flexibility index (Phi) is 5.14. The number of carbonyl (C=O) groups excluding carboxylic acids is 1. The number of methoxy groups -OCH3 is 1. The van der Waals surface area contributed by atoms with E-state index >= 15 is 0 Å². The molecule has 2 unspecified atom stereocenters. The van der Waals surface area contributed by atoms with Crippen molar-refractivity contribution in [2.75, 3.05) is 20.3 Å². The molecule has 0 radical (unpaired) electrons. The first-order chi connectivity index (χ1) is 8.08. The molecule has 0 spiro atoms. The van der Waals surface area contributed by atoms with Crippen LogP contribution in [0.1, 0.15) is 29.3 Å². The average molecular weight is 243 g/mol. The first-order valence-electron chi connectivity index (χ1n) is 5.28. The summed E-state index contributed by atoms with van der Waals surface area (Å²) in [5.41, 5.74) is 0. The third kappa shape index (κ3) is 3.85. The van der Waals surface area contributed by atoms with Gasteiger partial charge in [-0.25, -0.2) is 4.79 Å². The van der Waals surface area contributed by atoms with E-state index in [4.69, 9.17) is 14.6 Å². The molecular formula is C11H17NO5. The third-order valence-electron chi connectivity index (χ3n) is 2.31. The second-order valence-electron chi connectivity index (χ2n) is 3.66. The number of ether oxygens (including phenoxy) is 1. The second kappa shape index (κ2) is 6.39. The molecule has 0 fully saturated rings. The Labute approximate surface area is 99.2 Å². The molecule has 1 rings (SSSR count). The number of furan rings is 1. The van der Waals surface area contributed by atoms with Gasteiger partial charge in [-0.2, -0.15) is 0 Å². The summed E-state index contributed by atoms with van der Waals surface area (Å²) in [6, 6.07) is 3.02. The van der Waals surface area contributed by atoms with Gasteiger partial charge in [-0.3, -0.25) is 0 Å². The van der Waals surface area contributed by atoms with Crippen molar-refractivity contribution in [2.24, 2.45) is 0 Å². The summed E-state index contributed by atoms with van der Waals surface area (Å²) in [5.74, 6) is 0.174. The van der Waals surface area contributed by atoms with Crippen LogP contribution in [0.5, 0.6) is 0 Å². The van der Waals surface area contributed by atoms with Gasteiger partial charge in [0.05, 0.1) is 25.9 Å². The fourth-order valence-electron chi connectivity index (χ4n) is 1.27.